The molecule has 1 fully saturated rings. The molecule has 208 valence electrons. The topological polar surface area (TPSA) is 66.9 Å². The van der Waals surface area contributed by atoms with Crippen LogP contribution in [0.25, 0.3) is 0 Å². The Balaban J connectivity index is 1.72. The number of rotatable bonds is 10. The second-order valence-electron chi connectivity index (χ2n) is 9.20. The maximum absolute atomic E-state index is 13.8. The van der Waals surface area contributed by atoms with Crippen LogP contribution in [0.4, 0.5) is 23.2 Å². The van der Waals surface area contributed by atoms with Crippen molar-refractivity contribution in [2.45, 2.75) is 50.3 Å². The molecule has 0 aromatic heterocycles. The predicted octanol–water partition coefficient (Wildman–Crippen LogP) is 6.26. The van der Waals surface area contributed by atoms with Crippen LogP contribution in [0, 0.1) is 5.82 Å². The number of hydrogen-bond donors (Lipinski definition) is 0. The van der Waals surface area contributed by atoms with Gasteiger partial charge in [0.2, 0.25) is 0 Å². The monoisotopic (exact) mass is 564 g/mol. The number of anilines is 1. The lowest BCUT2D eigenvalue weighted by Crippen LogP contribution is -2.33. The molecule has 0 saturated heterocycles. The number of alkyl halides is 3. The lowest BCUT2D eigenvalue weighted by molar-refractivity contribution is -0.137. The van der Waals surface area contributed by atoms with Crippen molar-refractivity contribution >= 4 is 21.7 Å². The molecule has 0 unspecified atom stereocenters. The van der Waals surface area contributed by atoms with E-state index >= 15 is 0 Å². The number of nitrogens with zero attached hydrogens (tertiary/aromatic N) is 2. The van der Waals surface area contributed by atoms with Crippen LogP contribution in [-0.2, 0) is 22.8 Å². The smallest absolute Gasteiger partial charge is 0.379 e. The number of carbonyl (C=O) groups excluding carboxylic acids is 1. The standard InChI is InChI=1S/C28H28F4N2O4S/c1-3-33(4-2)24-12-11-20(18-34(23-13-14-23)27(35)19-7-5-9-22(29)15-19)26(17-24)38-39(36,37)25-10-6-8-21(16-25)28(30,31)32/h5-12,15-17,23H,3-4,13-14,18H2,1-2H3. The van der Waals surface area contributed by atoms with Gasteiger partial charge in [0.05, 0.1) is 5.56 Å². The van der Waals surface area contributed by atoms with Crippen molar-refractivity contribution in [1.29, 1.82) is 0 Å². The first-order chi connectivity index (χ1) is 18.4. The summed E-state index contributed by atoms with van der Waals surface area (Å²) in [6.07, 6.45) is -3.27. The molecule has 1 aliphatic rings. The van der Waals surface area contributed by atoms with E-state index in [9.17, 15) is 30.8 Å². The van der Waals surface area contributed by atoms with Crippen LogP contribution >= 0.6 is 0 Å². The minimum Gasteiger partial charge on any atom is -0.379 e. The fourth-order valence-electron chi connectivity index (χ4n) is 4.25. The average molecular weight is 565 g/mol. The van der Waals surface area contributed by atoms with Crippen molar-refractivity contribution in [2.75, 3.05) is 18.0 Å². The first-order valence-electron chi connectivity index (χ1n) is 12.5. The van der Waals surface area contributed by atoms with E-state index in [-0.39, 0.29) is 23.9 Å². The Bertz CT molecular complexity index is 1450. The van der Waals surface area contributed by atoms with Crippen molar-refractivity contribution in [3.63, 3.8) is 0 Å². The zero-order valence-corrected chi connectivity index (χ0v) is 22.2. The van der Waals surface area contributed by atoms with Gasteiger partial charge in [-0.25, -0.2) is 4.39 Å². The molecule has 1 aliphatic carbocycles. The number of benzene rings is 3. The highest BCUT2D eigenvalue weighted by Crippen LogP contribution is 2.35. The fourth-order valence-corrected chi connectivity index (χ4v) is 5.26. The third kappa shape index (κ3) is 6.70. The number of halogens is 4. The Labute approximate surface area is 224 Å². The summed E-state index contributed by atoms with van der Waals surface area (Å²) in [5.74, 6) is -1.08. The van der Waals surface area contributed by atoms with Crippen molar-refractivity contribution in [1.82, 2.24) is 4.90 Å². The minimum atomic E-state index is -4.73. The summed E-state index contributed by atoms with van der Waals surface area (Å²) in [6, 6.07) is 13.4. The minimum absolute atomic E-state index is 0.0357. The fraction of sp³-hybridized carbons (Fsp3) is 0.321. The molecule has 0 bridgehead atoms. The SMILES string of the molecule is CCN(CC)c1ccc(CN(C(=O)c2cccc(F)c2)C2CC2)c(OS(=O)(=O)c2cccc(C(F)(F)F)c2)c1. The van der Waals surface area contributed by atoms with Gasteiger partial charge in [0.1, 0.15) is 16.5 Å². The van der Waals surface area contributed by atoms with Gasteiger partial charge in [-0.15, -0.1) is 0 Å². The van der Waals surface area contributed by atoms with Crippen LogP contribution in [-0.4, -0.2) is 38.4 Å². The summed E-state index contributed by atoms with van der Waals surface area (Å²) in [7, 11) is -4.66. The van der Waals surface area contributed by atoms with Gasteiger partial charge in [0.25, 0.3) is 5.91 Å². The lowest BCUT2D eigenvalue weighted by Gasteiger charge is -2.26. The zero-order valence-electron chi connectivity index (χ0n) is 21.4. The van der Waals surface area contributed by atoms with Gasteiger partial charge in [-0.2, -0.15) is 21.6 Å². The molecule has 1 amide bonds. The van der Waals surface area contributed by atoms with Gasteiger partial charge in [0, 0.05) is 48.6 Å². The third-order valence-corrected chi connectivity index (χ3v) is 7.72. The van der Waals surface area contributed by atoms with Crippen molar-refractivity contribution < 1.29 is 35.0 Å². The Hall–Kier alpha value is -3.60. The molecule has 0 N–H and O–H groups in total. The van der Waals surface area contributed by atoms with Crippen LogP contribution in [0.2, 0.25) is 0 Å². The highest BCUT2D eigenvalue weighted by molar-refractivity contribution is 7.87. The molecular weight excluding hydrogens is 536 g/mol. The molecule has 3 aromatic rings. The summed E-state index contributed by atoms with van der Waals surface area (Å²) < 4.78 is 85.3. The number of carbonyl (C=O) groups is 1. The summed E-state index contributed by atoms with van der Waals surface area (Å²) in [5.41, 5.74) is 0.0242. The van der Waals surface area contributed by atoms with Gasteiger partial charge < -0.3 is 14.0 Å². The molecule has 0 atom stereocenters. The molecule has 39 heavy (non-hydrogen) atoms. The molecule has 1 saturated carbocycles. The van der Waals surface area contributed by atoms with E-state index in [1.165, 1.54) is 29.2 Å². The highest BCUT2D eigenvalue weighted by Gasteiger charge is 2.35. The second-order valence-corrected chi connectivity index (χ2v) is 10.7. The van der Waals surface area contributed by atoms with E-state index in [0.29, 0.717) is 30.4 Å². The molecule has 0 radical (unpaired) electrons. The summed E-state index contributed by atoms with van der Waals surface area (Å²) in [5, 5.41) is 0. The average Bonchev–Trinajstić information content (AvgIpc) is 3.73. The Morgan fingerprint density at radius 3 is 2.28 bits per heavy atom. The van der Waals surface area contributed by atoms with E-state index < -0.39 is 38.5 Å². The van der Waals surface area contributed by atoms with Gasteiger partial charge in [-0.05, 0) is 69.2 Å². The predicted molar refractivity (Wildman–Crippen MR) is 139 cm³/mol. The van der Waals surface area contributed by atoms with E-state index in [4.69, 9.17) is 4.18 Å². The van der Waals surface area contributed by atoms with E-state index in [0.717, 1.165) is 37.1 Å². The summed E-state index contributed by atoms with van der Waals surface area (Å²) >= 11 is 0. The van der Waals surface area contributed by atoms with Gasteiger partial charge >= 0.3 is 16.3 Å². The second kappa shape index (κ2) is 11.3. The normalized spacial score (nSPS) is 13.7. The van der Waals surface area contributed by atoms with Gasteiger partial charge in [0.15, 0.2) is 0 Å². The van der Waals surface area contributed by atoms with Crippen LogP contribution in [0.1, 0.15) is 48.2 Å². The van der Waals surface area contributed by atoms with Gasteiger partial charge in [-0.3, -0.25) is 4.79 Å². The first kappa shape index (κ1) is 28.4. The molecule has 4 rings (SSSR count). The Morgan fingerprint density at radius 1 is 0.974 bits per heavy atom. The highest BCUT2D eigenvalue weighted by atomic mass is 32.2. The third-order valence-electron chi connectivity index (χ3n) is 6.49. The maximum atomic E-state index is 13.8. The van der Waals surface area contributed by atoms with Crippen LogP contribution in [0.5, 0.6) is 5.75 Å². The number of amides is 1. The summed E-state index contributed by atoms with van der Waals surface area (Å²) in [6.45, 7) is 5.03. The molecule has 0 aliphatic heterocycles. The lowest BCUT2D eigenvalue weighted by atomic mass is 10.1. The van der Waals surface area contributed by atoms with Gasteiger partial charge in [-0.1, -0.05) is 18.2 Å². The van der Waals surface area contributed by atoms with Crippen LogP contribution in [0.3, 0.4) is 0 Å². The maximum Gasteiger partial charge on any atom is 0.416 e. The van der Waals surface area contributed by atoms with Crippen molar-refractivity contribution in [2.24, 2.45) is 0 Å². The van der Waals surface area contributed by atoms with Crippen molar-refractivity contribution in [3.05, 3.63) is 89.2 Å². The number of hydrogen-bond acceptors (Lipinski definition) is 5. The molecule has 3 aromatic carbocycles. The quantitative estimate of drug-likeness (QED) is 0.215. The van der Waals surface area contributed by atoms with Crippen molar-refractivity contribution in [3.8, 4) is 5.75 Å². The molecule has 11 heteroatoms. The molecular formula is C28H28F4N2O4S. The molecule has 6 nitrogen and oxygen atoms in total. The largest absolute Gasteiger partial charge is 0.416 e. The first-order valence-corrected chi connectivity index (χ1v) is 13.9. The van der Waals surface area contributed by atoms with E-state index in [1.54, 1.807) is 12.1 Å². The molecule has 0 spiro atoms. The summed E-state index contributed by atoms with van der Waals surface area (Å²) in [4.78, 5) is 16.1. The van der Waals surface area contributed by atoms with E-state index in [2.05, 4.69) is 0 Å². The zero-order chi connectivity index (χ0) is 28.4. The van der Waals surface area contributed by atoms with Crippen LogP contribution < -0.4 is 9.08 Å². The Kier molecular flexibility index (Phi) is 8.20. The molecule has 0 heterocycles. The van der Waals surface area contributed by atoms with E-state index in [1.807, 2.05) is 18.7 Å². The Morgan fingerprint density at radius 2 is 1.67 bits per heavy atom. The van der Waals surface area contributed by atoms with Crippen LogP contribution in [0.15, 0.2) is 71.6 Å².